The third kappa shape index (κ3) is 4.21. The van der Waals surface area contributed by atoms with Gasteiger partial charge in [-0.3, -0.25) is 4.79 Å². The lowest BCUT2D eigenvalue weighted by atomic mass is 10.2. The summed E-state index contributed by atoms with van der Waals surface area (Å²) in [6.45, 7) is -0.0297. The van der Waals surface area contributed by atoms with E-state index in [1.54, 1.807) is 0 Å². The molecule has 18 heavy (non-hydrogen) atoms. The molecule has 0 aliphatic heterocycles. The molecule has 0 bridgehead atoms. The number of hydrogen-bond donors (Lipinski definition) is 0. The van der Waals surface area contributed by atoms with Crippen LogP contribution >= 0.6 is 15.9 Å². The Bertz CT molecular complexity index is 403. The topological polar surface area (TPSA) is 35.5 Å². The average Bonchev–Trinajstić information content (AvgIpc) is 2.34. The van der Waals surface area contributed by atoms with Crippen LogP contribution in [0.15, 0.2) is 24.3 Å². The third-order valence-corrected chi connectivity index (χ3v) is 2.67. The van der Waals surface area contributed by atoms with Crippen LogP contribution in [0.3, 0.4) is 0 Å². The molecule has 0 aliphatic rings. The second kappa shape index (κ2) is 6.08. The number of methoxy groups -OCH3 is 1. The summed E-state index contributed by atoms with van der Waals surface area (Å²) in [5, 5.41) is 0. The lowest BCUT2D eigenvalue weighted by molar-refractivity contribution is -0.140. The van der Waals surface area contributed by atoms with E-state index in [1.165, 1.54) is 19.2 Å². The fraction of sp³-hybridized carbons (Fsp3) is 0.364. The van der Waals surface area contributed by atoms with E-state index in [0.717, 1.165) is 12.1 Å². The maximum Gasteiger partial charge on any atom is 0.416 e. The molecule has 0 aromatic heterocycles. The largest absolute Gasteiger partial charge is 0.492 e. The molecule has 1 aromatic rings. The van der Waals surface area contributed by atoms with Crippen LogP contribution in [-0.4, -0.2) is 24.5 Å². The van der Waals surface area contributed by atoms with Gasteiger partial charge in [0.25, 0.3) is 0 Å². The molecule has 1 unspecified atom stereocenters. The predicted octanol–water partition coefficient (Wildman–Crippen LogP) is 3.02. The molecule has 1 aromatic carbocycles. The van der Waals surface area contributed by atoms with Gasteiger partial charge in [0.05, 0.1) is 12.7 Å². The Kier molecular flexibility index (Phi) is 5.01. The number of halogens is 4. The van der Waals surface area contributed by atoms with E-state index < -0.39 is 22.5 Å². The van der Waals surface area contributed by atoms with Crippen molar-refractivity contribution in [3.63, 3.8) is 0 Å². The summed E-state index contributed by atoms with van der Waals surface area (Å²) < 4.78 is 46.4. The minimum absolute atomic E-state index is 0.0297. The maximum atomic E-state index is 12.3. The van der Waals surface area contributed by atoms with Gasteiger partial charge in [-0.15, -0.1) is 0 Å². The van der Waals surface area contributed by atoms with Crippen molar-refractivity contribution in [3.8, 4) is 5.75 Å². The summed E-state index contributed by atoms with van der Waals surface area (Å²) in [4.78, 5) is 10.4. The Morgan fingerprint density at radius 1 is 1.33 bits per heavy atom. The van der Waals surface area contributed by atoms with E-state index in [-0.39, 0.29) is 12.4 Å². The molecule has 0 amide bonds. The first-order chi connectivity index (χ1) is 8.34. The third-order valence-electron chi connectivity index (χ3n) is 2.03. The van der Waals surface area contributed by atoms with Crippen LogP contribution in [-0.2, 0) is 15.7 Å². The molecule has 3 nitrogen and oxygen atoms in total. The summed E-state index contributed by atoms with van der Waals surface area (Å²) in [7, 11) is 1.23. The lowest BCUT2D eigenvalue weighted by Gasteiger charge is -2.11. The highest BCUT2D eigenvalue weighted by Gasteiger charge is 2.30. The highest BCUT2D eigenvalue weighted by atomic mass is 79.9. The van der Waals surface area contributed by atoms with E-state index in [0.29, 0.717) is 0 Å². The van der Waals surface area contributed by atoms with Crippen molar-refractivity contribution in [2.45, 2.75) is 11.0 Å². The monoisotopic (exact) mass is 326 g/mol. The zero-order valence-electron chi connectivity index (χ0n) is 9.33. The Labute approximate surface area is 110 Å². The normalized spacial score (nSPS) is 12.9. The molecule has 0 fully saturated rings. The number of benzene rings is 1. The first-order valence-corrected chi connectivity index (χ1v) is 5.78. The number of rotatable bonds is 4. The number of alkyl halides is 4. The van der Waals surface area contributed by atoms with Crippen LogP contribution in [0.4, 0.5) is 13.2 Å². The van der Waals surface area contributed by atoms with Gasteiger partial charge < -0.3 is 9.47 Å². The van der Waals surface area contributed by atoms with E-state index in [1.807, 2.05) is 0 Å². The second-order valence-corrected chi connectivity index (χ2v) is 4.43. The van der Waals surface area contributed by atoms with Gasteiger partial charge >= 0.3 is 12.1 Å². The molecule has 0 saturated heterocycles. The minimum Gasteiger partial charge on any atom is -0.492 e. The van der Waals surface area contributed by atoms with E-state index in [9.17, 15) is 18.0 Å². The molecule has 0 N–H and O–H groups in total. The molecule has 0 heterocycles. The molecule has 0 aliphatic carbocycles. The number of esters is 1. The Balaban J connectivity index is 2.57. The number of carbonyl (C=O) groups is 1. The standard InChI is InChI=1S/C11H10BrF3O3/c1-17-10(16)9(12)6-18-8-4-2-7(3-5-8)11(13,14)15/h2-5,9H,6H2,1H3. The van der Waals surface area contributed by atoms with Crippen LogP contribution in [0.5, 0.6) is 5.75 Å². The molecule has 0 saturated carbocycles. The number of hydrogen-bond acceptors (Lipinski definition) is 3. The van der Waals surface area contributed by atoms with Crippen molar-refractivity contribution in [1.29, 1.82) is 0 Å². The highest BCUT2D eigenvalue weighted by Crippen LogP contribution is 2.30. The van der Waals surface area contributed by atoms with Crippen molar-refractivity contribution < 1.29 is 27.4 Å². The first-order valence-electron chi connectivity index (χ1n) is 4.86. The molecular weight excluding hydrogens is 317 g/mol. The first kappa shape index (κ1) is 14.8. The SMILES string of the molecule is COC(=O)C(Br)COc1ccc(C(F)(F)F)cc1. The van der Waals surface area contributed by atoms with Crippen molar-refractivity contribution in [3.05, 3.63) is 29.8 Å². The van der Waals surface area contributed by atoms with Crippen molar-refractivity contribution in [2.75, 3.05) is 13.7 Å². The zero-order chi connectivity index (χ0) is 13.8. The van der Waals surface area contributed by atoms with E-state index in [2.05, 4.69) is 20.7 Å². The van der Waals surface area contributed by atoms with E-state index >= 15 is 0 Å². The van der Waals surface area contributed by atoms with Gasteiger partial charge in [-0.05, 0) is 24.3 Å². The second-order valence-electron chi connectivity index (χ2n) is 3.32. The maximum absolute atomic E-state index is 12.3. The molecule has 7 heteroatoms. The summed E-state index contributed by atoms with van der Waals surface area (Å²) in [5.41, 5.74) is -0.752. The van der Waals surface area contributed by atoms with Crippen LogP contribution in [0, 0.1) is 0 Å². The predicted molar refractivity (Wildman–Crippen MR) is 61.7 cm³/mol. The Morgan fingerprint density at radius 3 is 2.33 bits per heavy atom. The van der Waals surface area contributed by atoms with Gasteiger partial charge in [-0.25, -0.2) is 0 Å². The molecule has 1 rings (SSSR count). The summed E-state index contributed by atoms with van der Waals surface area (Å²) in [6, 6.07) is 4.22. The number of ether oxygens (including phenoxy) is 2. The molecule has 100 valence electrons. The fourth-order valence-corrected chi connectivity index (χ4v) is 1.42. The van der Waals surface area contributed by atoms with E-state index in [4.69, 9.17) is 4.74 Å². The van der Waals surface area contributed by atoms with Gasteiger partial charge in [0, 0.05) is 0 Å². The molecule has 1 atom stereocenters. The van der Waals surface area contributed by atoms with Gasteiger partial charge in [-0.2, -0.15) is 13.2 Å². The molecular formula is C11H10BrF3O3. The molecule has 0 spiro atoms. The van der Waals surface area contributed by atoms with Crippen molar-refractivity contribution >= 4 is 21.9 Å². The zero-order valence-corrected chi connectivity index (χ0v) is 10.9. The highest BCUT2D eigenvalue weighted by molar-refractivity contribution is 9.10. The lowest BCUT2D eigenvalue weighted by Crippen LogP contribution is -2.22. The van der Waals surface area contributed by atoms with Gasteiger partial charge in [-0.1, -0.05) is 15.9 Å². The smallest absolute Gasteiger partial charge is 0.416 e. The fourth-order valence-electron chi connectivity index (χ4n) is 1.11. The average molecular weight is 327 g/mol. The van der Waals surface area contributed by atoms with Crippen LogP contribution in [0.1, 0.15) is 5.56 Å². The van der Waals surface area contributed by atoms with Gasteiger partial charge in [0.1, 0.15) is 17.2 Å². The quantitative estimate of drug-likeness (QED) is 0.630. The summed E-state index contributed by atoms with van der Waals surface area (Å²) in [6.07, 6.45) is -4.37. The van der Waals surface area contributed by atoms with Crippen LogP contribution in [0.25, 0.3) is 0 Å². The Hall–Kier alpha value is -1.24. The minimum atomic E-state index is -4.37. The summed E-state index contributed by atoms with van der Waals surface area (Å²) >= 11 is 3.03. The van der Waals surface area contributed by atoms with Crippen molar-refractivity contribution in [1.82, 2.24) is 0 Å². The summed E-state index contributed by atoms with van der Waals surface area (Å²) in [5.74, 6) is -0.265. The van der Waals surface area contributed by atoms with Crippen molar-refractivity contribution in [2.24, 2.45) is 0 Å². The number of carbonyl (C=O) groups excluding carboxylic acids is 1. The van der Waals surface area contributed by atoms with Crippen LogP contribution < -0.4 is 4.74 Å². The molecule has 0 radical (unpaired) electrons. The van der Waals surface area contributed by atoms with Gasteiger partial charge in [0.2, 0.25) is 0 Å². The van der Waals surface area contributed by atoms with Gasteiger partial charge in [0.15, 0.2) is 0 Å². The van der Waals surface area contributed by atoms with Crippen LogP contribution in [0.2, 0.25) is 0 Å². The Morgan fingerprint density at radius 2 is 1.89 bits per heavy atom.